The zero-order valence-corrected chi connectivity index (χ0v) is 9.77. The summed E-state index contributed by atoms with van der Waals surface area (Å²) >= 11 is 0. The van der Waals surface area contributed by atoms with E-state index in [-0.39, 0.29) is 0 Å². The molecule has 0 saturated heterocycles. The number of nitrogens with zero attached hydrogens (tertiary/aromatic N) is 3. The van der Waals surface area contributed by atoms with Crippen molar-refractivity contribution in [2.45, 2.75) is 25.2 Å². The number of halogens is 1. The maximum Gasteiger partial charge on any atom is 0.157 e. The molecule has 0 aliphatic heterocycles. The first kappa shape index (κ1) is 10.9. The van der Waals surface area contributed by atoms with Gasteiger partial charge in [-0.3, -0.25) is 4.98 Å². The van der Waals surface area contributed by atoms with Gasteiger partial charge in [-0.05, 0) is 25.8 Å². The Kier molecular flexibility index (Phi) is 2.20. The molecular weight excluding hydrogens is 233 g/mol. The smallest absolute Gasteiger partial charge is 0.157 e. The minimum Gasteiger partial charge on any atom is -0.359 e. The molecule has 0 N–H and O–H groups in total. The van der Waals surface area contributed by atoms with Gasteiger partial charge < -0.3 is 4.52 Å². The van der Waals surface area contributed by atoms with Crippen molar-refractivity contribution < 1.29 is 8.91 Å². The maximum absolute atomic E-state index is 13.9. The van der Waals surface area contributed by atoms with Crippen LogP contribution in [-0.4, -0.2) is 10.1 Å². The number of aryl methyl sites for hydroxylation is 1. The van der Waals surface area contributed by atoms with Crippen molar-refractivity contribution in [2.75, 3.05) is 0 Å². The number of aromatic nitrogens is 2. The van der Waals surface area contributed by atoms with Gasteiger partial charge in [0.05, 0.1) is 11.8 Å². The van der Waals surface area contributed by atoms with Gasteiger partial charge in [0, 0.05) is 17.8 Å². The molecule has 2 heterocycles. The van der Waals surface area contributed by atoms with E-state index in [2.05, 4.69) is 16.2 Å². The van der Waals surface area contributed by atoms with Crippen LogP contribution in [0.4, 0.5) is 4.39 Å². The highest BCUT2D eigenvalue weighted by Gasteiger charge is 2.48. The summed E-state index contributed by atoms with van der Waals surface area (Å²) in [7, 11) is 0. The van der Waals surface area contributed by atoms with Crippen molar-refractivity contribution in [3.05, 3.63) is 35.6 Å². The number of rotatable bonds is 2. The number of pyridine rings is 1. The van der Waals surface area contributed by atoms with Crippen LogP contribution in [0.2, 0.25) is 0 Å². The molecule has 0 aromatic carbocycles. The van der Waals surface area contributed by atoms with E-state index in [0.29, 0.717) is 22.7 Å². The average molecular weight is 243 g/mol. The summed E-state index contributed by atoms with van der Waals surface area (Å²) < 4.78 is 19.1. The van der Waals surface area contributed by atoms with Gasteiger partial charge in [-0.2, -0.15) is 5.26 Å². The van der Waals surface area contributed by atoms with Crippen LogP contribution < -0.4 is 0 Å². The molecule has 0 amide bonds. The fourth-order valence-electron chi connectivity index (χ4n) is 1.91. The van der Waals surface area contributed by atoms with Gasteiger partial charge in [-0.25, -0.2) is 4.39 Å². The van der Waals surface area contributed by atoms with Crippen molar-refractivity contribution in [3.63, 3.8) is 0 Å². The maximum atomic E-state index is 13.9. The molecule has 0 radical (unpaired) electrons. The van der Waals surface area contributed by atoms with E-state index in [0.717, 1.165) is 12.8 Å². The number of hydrogen-bond acceptors (Lipinski definition) is 4. The molecule has 90 valence electrons. The summed E-state index contributed by atoms with van der Waals surface area (Å²) in [6, 6.07) is 5.42. The summed E-state index contributed by atoms with van der Waals surface area (Å²) in [5, 5.41) is 12.9. The fraction of sp³-hybridized carbons (Fsp3) is 0.308. The third-order valence-corrected chi connectivity index (χ3v) is 3.29. The van der Waals surface area contributed by atoms with Crippen molar-refractivity contribution in [1.29, 1.82) is 5.26 Å². The van der Waals surface area contributed by atoms with Gasteiger partial charge in [-0.1, -0.05) is 5.16 Å². The summed E-state index contributed by atoms with van der Waals surface area (Å²) in [4.78, 5) is 3.86. The summed E-state index contributed by atoms with van der Waals surface area (Å²) in [5.74, 6) is 0.119. The van der Waals surface area contributed by atoms with Crippen LogP contribution in [0, 0.1) is 24.1 Å². The van der Waals surface area contributed by atoms with Gasteiger partial charge in [0.25, 0.3) is 0 Å². The molecule has 0 bridgehead atoms. The Balaban J connectivity index is 2.04. The molecule has 3 rings (SSSR count). The monoisotopic (exact) mass is 243 g/mol. The van der Waals surface area contributed by atoms with Crippen LogP contribution in [0.1, 0.15) is 24.3 Å². The predicted octanol–water partition coefficient (Wildman–Crippen LogP) is 2.74. The van der Waals surface area contributed by atoms with E-state index < -0.39 is 11.2 Å². The van der Waals surface area contributed by atoms with Gasteiger partial charge >= 0.3 is 0 Å². The lowest BCUT2D eigenvalue weighted by molar-refractivity contribution is 0.372. The summed E-state index contributed by atoms with van der Waals surface area (Å²) in [5.41, 5.74) is 0.545. The molecule has 18 heavy (non-hydrogen) atoms. The van der Waals surface area contributed by atoms with Crippen LogP contribution in [0.3, 0.4) is 0 Å². The third-order valence-electron chi connectivity index (χ3n) is 3.29. The largest absolute Gasteiger partial charge is 0.359 e. The molecule has 0 unspecified atom stereocenters. The van der Waals surface area contributed by atoms with Gasteiger partial charge in [0.1, 0.15) is 11.1 Å². The van der Waals surface area contributed by atoms with Gasteiger partial charge in [0.2, 0.25) is 0 Å². The minimum absolute atomic E-state index is 0.318. The van der Waals surface area contributed by atoms with Crippen LogP contribution >= 0.6 is 0 Å². The molecule has 1 fully saturated rings. The summed E-state index contributed by atoms with van der Waals surface area (Å²) in [6.45, 7) is 1.59. The zero-order valence-electron chi connectivity index (χ0n) is 9.77. The van der Waals surface area contributed by atoms with Gasteiger partial charge in [0.15, 0.2) is 11.6 Å². The Morgan fingerprint density at radius 1 is 1.50 bits per heavy atom. The highest BCUT2D eigenvalue weighted by Crippen LogP contribution is 2.48. The lowest BCUT2D eigenvalue weighted by Gasteiger charge is -2.00. The first-order chi connectivity index (χ1) is 8.66. The first-order valence-electron chi connectivity index (χ1n) is 5.66. The van der Waals surface area contributed by atoms with Crippen molar-refractivity contribution >= 4 is 0 Å². The van der Waals surface area contributed by atoms with Crippen molar-refractivity contribution in [3.8, 4) is 17.3 Å². The Hall–Kier alpha value is -2.22. The molecule has 2 aromatic heterocycles. The molecule has 5 heteroatoms. The van der Waals surface area contributed by atoms with E-state index in [9.17, 15) is 4.39 Å². The van der Waals surface area contributed by atoms with E-state index >= 15 is 0 Å². The molecule has 2 aromatic rings. The average Bonchev–Trinajstić information content (AvgIpc) is 3.03. The molecular formula is C13H10FN3O. The number of hydrogen-bond donors (Lipinski definition) is 0. The van der Waals surface area contributed by atoms with Crippen LogP contribution in [0.15, 0.2) is 22.9 Å². The predicted molar refractivity (Wildman–Crippen MR) is 61.0 cm³/mol. The highest BCUT2D eigenvalue weighted by molar-refractivity contribution is 5.60. The van der Waals surface area contributed by atoms with Crippen LogP contribution in [-0.2, 0) is 5.41 Å². The van der Waals surface area contributed by atoms with Crippen molar-refractivity contribution in [1.82, 2.24) is 10.1 Å². The topological polar surface area (TPSA) is 62.7 Å². The molecule has 1 saturated carbocycles. The second-order valence-corrected chi connectivity index (χ2v) is 4.53. The Morgan fingerprint density at radius 2 is 2.28 bits per heavy atom. The normalized spacial score (nSPS) is 16.3. The Bertz CT molecular complexity index is 652. The lowest BCUT2D eigenvalue weighted by atomic mass is 10.0. The SMILES string of the molecule is Cc1nccc(-c2cc(C3(C#N)CC3)on2)c1F. The van der Waals surface area contributed by atoms with Crippen LogP contribution in [0.5, 0.6) is 0 Å². The minimum atomic E-state index is -0.538. The van der Waals surface area contributed by atoms with E-state index in [1.54, 1.807) is 19.1 Å². The molecule has 1 aliphatic carbocycles. The second kappa shape index (κ2) is 3.64. The fourth-order valence-corrected chi connectivity index (χ4v) is 1.91. The molecule has 1 aliphatic rings. The summed E-state index contributed by atoms with van der Waals surface area (Å²) in [6.07, 6.45) is 3.07. The quantitative estimate of drug-likeness (QED) is 0.813. The molecule has 4 nitrogen and oxygen atoms in total. The third kappa shape index (κ3) is 1.50. The Labute approximate surface area is 103 Å². The zero-order chi connectivity index (χ0) is 12.8. The van der Waals surface area contributed by atoms with Crippen molar-refractivity contribution in [2.24, 2.45) is 0 Å². The van der Waals surface area contributed by atoms with E-state index in [1.807, 2.05) is 0 Å². The number of nitriles is 1. The molecule has 0 atom stereocenters. The Morgan fingerprint density at radius 3 is 2.94 bits per heavy atom. The second-order valence-electron chi connectivity index (χ2n) is 4.53. The van der Waals surface area contributed by atoms with E-state index in [4.69, 9.17) is 9.78 Å². The highest BCUT2D eigenvalue weighted by atomic mass is 19.1. The first-order valence-corrected chi connectivity index (χ1v) is 5.66. The van der Waals surface area contributed by atoms with E-state index in [1.165, 1.54) is 6.20 Å². The molecule has 0 spiro atoms. The standard InChI is InChI=1S/C13H10FN3O/c1-8-12(14)9(2-5-16-8)10-6-11(18-17-10)13(7-15)3-4-13/h2,5-6H,3-4H2,1H3. The lowest BCUT2D eigenvalue weighted by Crippen LogP contribution is -1.99. The van der Waals surface area contributed by atoms with Gasteiger partial charge in [-0.15, -0.1) is 0 Å². The van der Waals surface area contributed by atoms with Crippen LogP contribution in [0.25, 0.3) is 11.3 Å².